The molecule has 1 unspecified atom stereocenters. The Labute approximate surface area is 123 Å². The fraction of sp³-hybridized carbons (Fsp3) is 0.533. The zero-order chi connectivity index (χ0) is 15.6. The van der Waals surface area contributed by atoms with E-state index in [1.165, 1.54) is 24.6 Å². The van der Waals surface area contributed by atoms with Crippen LogP contribution in [0.4, 0.5) is 11.4 Å². The van der Waals surface area contributed by atoms with E-state index in [4.69, 9.17) is 5.73 Å². The number of nitrogens with two attached hydrogens (primary N) is 1. The van der Waals surface area contributed by atoms with Crippen molar-refractivity contribution in [2.24, 2.45) is 5.41 Å². The van der Waals surface area contributed by atoms with Gasteiger partial charge in [0, 0.05) is 17.7 Å². The number of hydrogen-bond donors (Lipinski definition) is 2. The van der Waals surface area contributed by atoms with Gasteiger partial charge in [0.25, 0.3) is 11.6 Å². The first kappa shape index (κ1) is 15.3. The van der Waals surface area contributed by atoms with Gasteiger partial charge in [0.15, 0.2) is 0 Å². The molecule has 3 N–H and O–H groups in total. The fourth-order valence-corrected chi connectivity index (χ4v) is 2.95. The Morgan fingerprint density at radius 3 is 2.76 bits per heavy atom. The van der Waals surface area contributed by atoms with E-state index >= 15 is 0 Å². The summed E-state index contributed by atoms with van der Waals surface area (Å²) in [5.74, 6) is -0.223. The summed E-state index contributed by atoms with van der Waals surface area (Å²) in [7, 11) is 0. The maximum Gasteiger partial charge on any atom is 0.292 e. The van der Waals surface area contributed by atoms with Crippen LogP contribution >= 0.6 is 0 Å². The molecule has 1 fully saturated rings. The van der Waals surface area contributed by atoms with E-state index in [-0.39, 0.29) is 28.7 Å². The van der Waals surface area contributed by atoms with Crippen LogP contribution < -0.4 is 11.1 Å². The number of anilines is 1. The monoisotopic (exact) mass is 291 g/mol. The van der Waals surface area contributed by atoms with Gasteiger partial charge in [-0.05, 0) is 36.8 Å². The lowest BCUT2D eigenvalue weighted by atomic mass is 9.75. The zero-order valence-corrected chi connectivity index (χ0v) is 12.4. The average molecular weight is 291 g/mol. The minimum absolute atomic E-state index is 0.0108. The molecule has 114 valence electrons. The Morgan fingerprint density at radius 1 is 1.48 bits per heavy atom. The Hall–Kier alpha value is -2.11. The standard InChI is InChI=1S/C15H21N3O3/c1-15(2)7-3-4-11(9-15)17-14(19)10-5-6-13(18(20)21)12(16)8-10/h5-6,8,11H,3-4,7,9,16H2,1-2H3,(H,17,19). The molecule has 1 aromatic carbocycles. The summed E-state index contributed by atoms with van der Waals surface area (Å²) in [5.41, 5.74) is 6.05. The molecular formula is C15H21N3O3. The lowest BCUT2D eigenvalue weighted by Gasteiger charge is -2.35. The normalized spacial score (nSPS) is 20.8. The van der Waals surface area contributed by atoms with Gasteiger partial charge < -0.3 is 11.1 Å². The molecule has 6 heteroatoms. The molecule has 0 aromatic heterocycles. The highest BCUT2D eigenvalue weighted by molar-refractivity contribution is 5.95. The molecule has 0 spiro atoms. The first-order chi connectivity index (χ1) is 9.78. The second kappa shape index (κ2) is 5.71. The summed E-state index contributed by atoms with van der Waals surface area (Å²) in [6.07, 6.45) is 4.18. The number of benzene rings is 1. The van der Waals surface area contributed by atoms with Gasteiger partial charge in [-0.1, -0.05) is 20.3 Å². The largest absolute Gasteiger partial charge is 0.393 e. The summed E-state index contributed by atoms with van der Waals surface area (Å²) in [6, 6.07) is 4.23. The fourth-order valence-electron chi connectivity index (χ4n) is 2.95. The smallest absolute Gasteiger partial charge is 0.292 e. The van der Waals surface area contributed by atoms with Crippen LogP contribution in [0.5, 0.6) is 0 Å². The molecule has 0 aliphatic heterocycles. The Kier molecular flexibility index (Phi) is 4.16. The lowest BCUT2D eigenvalue weighted by Crippen LogP contribution is -2.40. The molecule has 1 aromatic rings. The number of nitrogens with one attached hydrogen (secondary N) is 1. The molecule has 1 aliphatic rings. The van der Waals surface area contributed by atoms with Crippen molar-refractivity contribution in [2.45, 2.75) is 45.6 Å². The molecule has 1 atom stereocenters. The maximum absolute atomic E-state index is 12.2. The summed E-state index contributed by atoms with van der Waals surface area (Å²) >= 11 is 0. The first-order valence-corrected chi connectivity index (χ1v) is 7.13. The predicted molar refractivity (Wildman–Crippen MR) is 81.0 cm³/mol. The van der Waals surface area contributed by atoms with Gasteiger partial charge >= 0.3 is 0 Å². The van der Waals surface area contributed by atoms with Crippen molar-refractivity contribution in [2.75, 3.05) is 5.73 Å². The van der Waals surface area contributed by atoms with Gasteiger partial charge in [-0.3, -0.25) is 14.9 Å². The topological polar surface area (TPSA) is 98.3 Å². The van der Waals surface area contributed by atoms with Crippen molar-refractivity contribution in [3.8, 4) is 0 Å². The van der Waals surface area contributed by atoms with Crippen LogP contribution in [0.3, 0.4) is 0 Å². The predicted octanol–water partition coefficient (Wildman–Crippen LogP) is 2.88. The SMILES string of the molecule is CC1(C)CCCC(NC(=O)c2ccc([N+](=O)[O-])c(N)c2)C1. The van der Waals surface area contributed by atoms with Crippen molar-refractivity contribution < 1.29 is 9.72 Å². The molecule has 1 saturated carbocycles. The quantitative estimate of drug-likeness (QED) is 0.508. The van der Waals surface area contributed by atoms with E-state index in [0.29, 0.717) is 5.56 Å². The van der Waals surface area contributed by atoms with Crippen LogP contribution in [-0.2, 0) is 0 Å². The third kappa shape index (κ3) is 3.71. The third-order valence-corrected chi connectivity index (χ3v) is 4.03. The maximum atomic E-state index is 12.2. The van der Waals surface area contributed by atoms with Gasteiger partial charge in [0.2, 0.25) is 0 Å². The summed E-state index contributed by atoms with van der Waals surface area (Å²) in [6.45, 7) is 4.41. The molecule has 2 rings (SSSR count). The van der Waals surface area contributed by atoms with E-state index in [2.05, 4.69) is 19.2 Å². The van der Waals surface area contributed by atoms with E-state index in [1.54, 1.807) is 0 Å². The summed E-state index contributed by atoms with van der Waals surface area (Å²) < 4.78 is 0. The minimum atomic E-state index is -0.555. The highest BCUT2D eigenvalue weighted by Gasteiger charge is 2.29. The number of nitro benzene ring substituents is 1. The Bertz CT molecular complexity index is 569. The Balaban J connectivity index is 2.07. The van der Waals surface area contributed by atoms with Crippen LogP contribution in [0, 0.1) is 15.5 Å². The van der Waals surface area contributed by atoms with Crippen LogP contribution in [0.2, 0.25) is 0 Å². The van der Waals surface area contributed by atoms with Gasteiger partial charge in [0.05, 0.1) is 4.92 Å². The van der Waals surface area contributed by atoms with Gasteiger partial charge in [-0.25, -0.2) is 0 Å². The van der Waals surface area contributed by atoms with Crippen LogP contribution in [-0.4, -0.2) is 16.9 Å². The van der Waals surface area contributed by atoms with Gasteiger partial charge in [-0.15, -0.1) is 0 Å². The molecule has 1 aliphatic carbocycles. The van der Waals surface area contributed by atoms with E-state index < -0.39 is 4.92 Å². The molecule has 0 heterocycles. The summed E-state index contributed by atoms with van der Waals surface area (Å²) in [5, 5.41) is 13.7. The van der Waals surface area contributed by atoms with Crippen LogP contribution in [0.15, 0.2) is 18.2 Å². The second-order valence-electron chi connectivity index (χ2n) is 6.46. The molecule has 6 nitrogen and oxygen atoms in total. The number of nitro groups is 1. The number of amides is 1. The van der Waals surface area contributed by atoms with Crippen molar-refractivity contribution >= 4 is 17.3 Å². The molecule has 0 bridgehead atoms. The Morgan fingerprint density at radius 2 is 2.19 bits per heavy atom. The lowest BCUT2D eigenvalue weighted by molar-refractivity contribution is -0.383. The number of rotatable bonds is 3. The van der Waals surface area contributed by atoms with Gasteiger partial charge in [-0.2, -0.15) is 0 Å². The van der Waals surface area contributed by atoms with Crippen molar-refractivity contribution in [1.29, 1.82) is 0 Å². The summed E-state index contributed by atoms with van der Waals surface area (Å²) in [4.78, 5) is 22.4. The zero-order valence-electron chi connectivity index (χ0n) is 12.4. The van der Waals surface area contributed by atoms with Crippen LogP contribution in [0.25, 0.3) is 0 Å². The number of nitrogens with zero attached hydrogens (tertiary/aromatic N) is 1. The molecule has 1 amide bonds. The van der Waals surface area contributed by atoms with Crippen molar-refractivity contribution in [3.63, 3.8) is 0 Å². The van der Waals surface area contributed by atoms with Gasteiger partial charge in [0.1, 0.15) is 5.69 Å². The number of hydrogen-bond acceptors (Lipinski definition) is 4. The second-order valence-corrected chi connectivity index (χ2v) is 6.46. The molecule has 0 saturated heterocycles. The highest BCUT2D eigenvalue weighted by Crippen LogP contribution is 2.35. The number of carbonyl (C=O) groups excluding carboxylic acids is 1. The third-order valence-electron chi connectivity index (χ3n) is 4.03. The number of carbonyl (C=O) groups is 1. The van der Waals surface area contributed by atoms with E-state index in [0.717, 1.165) is 19.3 Å². The minimum Gasteiger partial charge on any atom is -0.393 e. The number of nitrogen functional groups attached to an aromatic ring is 1. The molecular weight excluding hydrogens is 270 g/mol. The van der Waals surface area contributed by atoms with Crippen molar-refractivity contribution in [3.05, 3.63) is 33.9 Å². The first-order valence-electron chi connectivity index (χ1n) is 7.13. The average Bonchev–Trinajstić information content (AvgIpc) is 2.36. The van der Waals surface area contributed by atoms with E-state index in [1.807, 2.05) is 0 Å². The molecule has 21 heavy (non-hydrogen) atoms. The van der Waals surface area contributed by atoms with E-state index in [9.17, 15) is 14.9 Å². The molecule has 0 radical (unpaired) electrons. The van der Waals surface area contributed by atoms with Crippen molar-refractivity contribution in [1.82, 2.24) is 5.32 Å². The van der Waals surface area contributed by atoms with Crippen LogP contribution in [0.1, 0.15) is 49.9 Å². The highest BCUT2D eigenvalue weighted by atomic mass is 16.6.